The highest BCUT2D eigenvalue weighted by Crippen LogP contribution is 2.31. The van der Waals surface area contributed by atoms with Crippen molar-refractivity contribution in [3.05, 3.63) is 35.4 Å². The third kappa shape index (κ3) is 3.59. The van der Waals surface area contributed by atoms with Crippen LogP contribution < -0.4 is 5.32 Å². The molecule has 0 aromatic heterocycles. The van der Waals surface area contributed by atoms with Crippen molar-refractivity contribution in [2.45, 2.75) is 32.6 Å². The van der Waals surface area contributed by atoms with Crippen molar-refractivity contribution in [2.24, 2.45) is 11.8 Å². The predicted molar refractivity (Wildman–Crippen MR) is 76.6 cm³/mol. The first kappa shape index (κ1) is 14.6. The highest BCUT2D eigenvalue weighted by molar-refractivity contribution is 5.87. The second kappa shape index (κ2) is 6.55. The van der Waals surface area contributed by atoms with Crippen LogP contribution in [0.25, 0.3) is 0 Å². The van der Waals surface area contributed by atoms with E-state index in [0.717, 1.165) is 31.2 Å². The summed E-state index contributed by atoms with van der Waals surface area (Å²) in [7, 11) is 0. The summed E-state index contributed by atoms with van der Waals surface area (Å²) in [5.41, 5.74) is 1.33. The molecule has 1 aliphatic carbocycles. The molecule has 1 fully saturated rings. The van der Waals surface area contributed by atoms with Gasteiger partial charge >= 0.3 is 5.97 Å². The molecule has 1 aliphatic rings. The predicted octanol–water partition coefficient (Wildman–Crippen LogP) is 2.48. The van der Waals surface area contributed by atoms with Crippen LogP contribution in [-0.4, -0.2) is 23.5 Å². The average molecular weight is 275 g/mol. The van der Waals surface area contributed by atoms with Crippen LogP contribution in [-0.2, 0) is 11.2 Å². The number of hydrogen-bond acceptors (Lipinski definition) is 2. The minimum Gasteiger partial charge on any atom is -0.478 e. The number of carboxylic acids is 1. The fourth-order valence-corrected chi connectivity index (χ4v) is 2.81. The molecule has 20 heavy (non-hydrogen) atoms. The molecule has 2 rings (SSSR count). The van der Waals surface area contributed by atoms with Crippen molar-refractivity contribution in [3.8, 4) is 0 Å². The molecule has 4 nitrogen and oxygen atoms in total. The SMILES string of the molecule is CC1CCCC1C(=O)NCCc1ccc(C(=O)O)cc1. The number of rotatable bonds is 5. The fourth-order valence-electron chi connectivity index (χ4n) is 2.81. The van der Waals surface area contributed by atoms with Crippen LogP contribution in [0.4, 0.5) is 0 Å². The summed E-state index contributed by atoms with van der Waals surface area (Å²) in [6, 6.07) is 6.79. The Bertz CT molecular complexity index is 481. The molecule has 108 valence electrons. The van der Waals surface area contributed by atoms with Gasteiger partial charge in [0.15, 0.2) is 0 Å². The second-order valence-corrected chi connectivity index (χ2v) is 5.56. The summed E-state index contributed by atoms with van der Waals surface area (Å²) in [5.74, 6) is -0.0912. The van der Waals surface area contributed by atoms with Gasteiger partial charge in [-0.25, -0.2) is 4.79 Å². The maximum atomic E-state index is 12.0. The van der Waals surface area contributed by atoms with Crippen LogP contribution in [0.5, 0.6) is 0 Å². The van der Waals surface area contributed by atoms with Gasteiger partial charge in [0.1, 0.15) is 0 Å². The molecule has 1 aromatic rings. The van der Waals surface area contributed by atoms with Gasteiger partial charge in [0, 0.05) is 12.5 Å². The number of carbonyl (C=O) groups excluding carboxylic acids is 1. The highest BCUT2D eigenvalue weighted by atomic mass is 16.4. The molecule has 1 amide bonds. The summed E-state index contributed by atoms with van der Waals surface area (Å²) in [4.78, 5) is 22.7. The zero-order valence-corrected chi connectivity index (χ0v) is 11.8. The monoisotopic (exact) mass is 275 g/mol. The van der Waals surface area contributed by atoms with Crippen LogP contribution in [0.15, 0.2) is 24.3 Å². The molecule has 1 aromatic carbocycles. The number of amides is 1. The lowest BCUT2D eigenvalue weighted by Gasteiger charge is -2.15. The van der Waals surface area contributed by atoms with Crippen LogP contribution >= 0.6 is 0 Å². The first-order valence-corrected chi connectivity index (χ1v) is 7.18. The molecule has 0 saturated heterocycles. The van der Waals surface area contributed by atoms with Gasteiger partial charge in [0.25, 0.3) is 0 Å². The Morgan fingerprint density at radius 2 is 1.95 bits per heavy atom. The van der Waals surface area contributed by atoms with Gasteiger partial charge in [0.2, 0.25) is 5.91 Å². The Morgan fingerprint density at radius 3 is 2.50 bits per heavy atom. The van der Waals surface area contributed by atoms with Crippen molar-refractivity contribution in [1.82, 2.24) is 5.32 Å². The van der Waals surface area contributed by atoms with E-state index < -0.39 is 5.97 Å². The molecular weight excluding hydrogens is 254 g/mol. The number of aromatic carboxylic acids is 1. The quantitative estimate of drug-likeness (QED) is 0.867. The van der Waals surface area contributed by atoms with Crippen LogP contribution in [0.1, 0.15) is 42.1 Å². The van der Waals surface area contributed by atoms with Crippen molar-refractivity contribution in [3.63, 3.8) is 0 Å². The van der Waals surface area contributed by atoms with Crippen molar-refractivity contribution in [1.29, 1.82) is 0 Å². The first-order chi connectivity index (χ1) is 9.58. The first-order valence-electron chi connectivity index (χ1n) is 7.18. The van der Waals surface area contributed by atoms with Gasteiger partial charge in [0.05, 0.1) is 5.56 Å². The number of benzene rings is 1. The molecule has 1 saturated carbocycles. The van der Waals surface area contributed by atoms with Crippen molar-refractivity contribution >= 4 is 11.9 Å². The number of hydrogen-bond donors (Lipinski definition) is 2. The smallest absolute Gasteiger partial charge is 0.335 e. The number of carboxylic acid groups (broad SMARTS) is 1. The summed E-state index contributed by atoms with van der Waals surface area (Å²) >= 11 is 0. The lowest BCUT2D eigenvalue weighted by molar-refractivity contribution is -0.125. The molecule has 0 radical (unpaired) electrons. The van der Waals surface area contributed by atoms with E-state index in [4.69, 9.17) is 5.11 Å². The third-order valence-electron chi connectivity index (χ3n) is 4.11. The maximum absolute atomic E-state index is 12.0. The average Bonchev–Trinajstić information content (AvgIpc) is 2.85. The molecule has 2 N–H and O–H groups in total. The van der Waals surface area contributed by atoms with Gasteiger partial charge < -0.3 is 10.4 Å². The molecule has 0 spiro atoms. The number of nitrogens with one attached hydrogen (secondary N) is 1. The van der Waals surface area contributed by atoms with E-state index in [-0.39, 0.29) is 17.4 Å². The Balaban J connectivity index is 1.78. The maximum Gasteiger partial charge on any atom is 0.335 e. The summed E-state index contributed by atoms with van der Waals surface area (Å²) in [5, 5.41) is 11.8. The van der Waals surface area contributed by atoms with Crippen LogP contribution in [0.2, 0.25) is 0 Å². The van der Waals surface area contributed by atoms with E-state index in [0.29, 0.717) is 12.5 Å². The van der Waals surface area contributed by atoms with Crippen molar-refractivity contribution in [2.75, 3.05) is 6.54 Å². The Hall–Kier alpha value is -1.84. The minimum atomic E-state index is -0.917. The topological polar surface area (TPSA) is 66.4 Å². The lowest BCUT2D eigenvalue weighted by Crippen LogP contribution is -2.33. The molecular formula is C16H21NO3. The van der Waals surface area contributed by atoms with Crippen LogP contribution in [0.3, 0.4) is 0 Å². The molecule has 2 unspecified atom stereocenters. The fraction of sp³-hybridized carbons (Fsp3) is 0.500. The highest BCUT2D eigenvalue weighted by Gasteiger charge is 2.29. The second-order valence-electron chi connectivity index (χ2n) is 5.56. The molecule has 0 aliphatic heterocycles. The van der Waals surface area contributed by atoms with Gasteiger partial charge in [-0.15, -0.1) is 0 Å². The number of carbonyl (C=O) groups is 2. The molecule has 2 atom stereocenters. The van der Waals surface area contributed by atoms with E-state index in [1.807, 2.05) is 0 Å². The normalized spacial score (nSPS) is 21.6. The van der Waals surface area contributed by atoms with E-state index in [1.165, 1.54) is 0 Å². The van der Waals surface area contributed by atoms with E-state index in [2.05, 4.69) is 12.2 Å². The lowest BCUT2D eigenvalue weighted by atomic mass is 9.97. The van der Waals surface area contributed by atoms with Gasteiger partial charge in [-0.1, -0.05) is 25.5 Å². The van der Waals surface area contributed by atoms with Gasteiger partial charge in [-0.3, -0.25) is 4.79 Å². The minimum absolute atomic E-state index is 0.164. The third-order valence-corrected chi connectivity index (χ3v) is 4.11. The Kier molecular flexibility index (Phi) is 4.77. The summed E-state index contributed by atoms with van der Waals surface area (Å²) in [6.45, 7) is 2.75. The van der Waals surface area contributed by atoms with Gasteiger partial charge in [-0.05, 0) is 42.9 Å². The standard InChI is InChI=1S/C16H21NO3/c1-11-3-2-4-14(11)15(18)17-10-9-12-5-7-13(8-6-12)16(19)20/h5-8,11,14H,2-4,9-10H2,1H3,(H,17,18)(H,19,20). The van der Waals surface area contributed by atoms with Crippen molar-refractivity contribution < 1.29 is 14.7 Å². The van der Waals surface area contributed by atoms with E-state index in [9.17, 15) is 9.59 Å². The molecule has 0 bridgehead atoms. The zero-order chi connectivity index (χ0) is 14.5. The van der Waals surface area contributed by atoms with E-state index >= 15 is 0 Å². The largest absolute Gasteiger partial charge is 0.478 e. The Morgan fingerprint density at radius 1 is 1.25 bits per heavy atom. The van der Waals surface area contributed by atoms with Crippen LogP contribution in [0, 0.1) is 11.8 Å². The molecule has 4 heteroatoms. The van der Waals surface area contributed by atoms with Gasteiger partial charge in [-0.2, -0.15) is 0 Å². The summed E-state index contributed by atoms with van der Waals surface area (Å²) < 4.78 is 0. The molecule has 0 heterocycles. The van der Waals surface area contributed by atoms with E-state index in [1.54, 1.807) is 24.3 Å². The summed E-state index contributed by atoms with van der Waals surface area (Å²) in [6.07, 6.45) is 4.03. The zero-order valence-electron chi connectivity index (χ0n) is 11.8. The Labute approximate surface area is 119 Å².